The van der Waals surface area contributed by atoms with Crippen LogP contribution in [-0.2, 0) is 28.5 Å². The third-order valence-electron chi connectivity index (χ3n) is 7.67. The van der Waals surface area contributed by atoms with E-state index in [0.29, 0.717) is 61.1 Å². The molecule has 4 atom stereocenters. The normalized spacial score (nSPS) is 22.7. The summed E-state index contributed by atoms with van der Waals surface area (Å²) in [5.41, 5.74) is 0.703. The van der Waals surface area contributed by atoms with Crippen molar-refractivity contribution in [1.29, 1.82) is 0 Å². The van der Waals surface area contributed by atoms with E-state index >= 15 is 0 Å². The molecule has 2 aromatic rings. The molecule has 1 saturated carbocycles. The molecule has 248 valence electrons. The first-order valence-corrected chi connectivity index (χ1v) is 17.1. The number of hydrogen-bond acceptors (Lipinski definition) is 14. The SMILES string of the molecule is COCCOC1=CCC(CC(=O)Nc2nnc(C3CCCC(c4nnc(NC(=O)CC5=NCC(OCCOC)C=C5)s4)C3)s2)N=C1. The van der Waals surface area contributed by atoms with Gasteiger partial charge in [-0.1, -0.05) is 35.2 Å². The Morgan fingerprint density at radius 1 is 0.913 bits per heavy atom. The maximum atomic E-state index is 12.7. The molecule has 2 N–H and O–H groups in total. The van der Waals surface area contributed by atoms with E-state index in [2.05, 4.69) is 41.0 Å². The van der Waals surface area contributed by atoms with Crippen molar-refractivity contribution >= 4 is 56.7 Å². The number of aliphatic imine (C=N–C) groups is 2. The van der Waals surface area contributed by atoms with Crippen molar-refractivity contribution < 1.29 is 28.5 Å². The molecule has 2 aromatic heterocycles. The summed E-state index contributed by atoms with van der Waals surface area (Å²) in [4.78, 5) is 34.2. The predicted octanol–water partition coefficient (Wildman–Crippen LogP) is 3.92. The van der Waals surface area contributed by atoms with Crippen molar-refractivity contribution in [2.75, 3.05) is 57.8 Å². The summed E-state index contributed by atoms with van der Waals surface area (Å²) in [7, 11) is 3.26. The summed E-state index contributed by atoms with van der Waals surface area (Å²) in [5, 5.41) is 25.8. The van der Waals surface area contributed by atoms with Gasteiger partial charge in [0, 0.05) is 38.2 Å². The lowest BCUT2D eigenvalue weighted by molar-refractivity contribution is -0.116. The van der Waals surface area contributed by atoms with Crippen molar-refractivity contribution in [2.24, 2.45) is 9.98 Å². The Bertz CT molecular complexity index is 1440. The molecule has 1 fully saturated rings. The van der Waals surface area contributed by atoms with Gasteiger partial charge in [0.25, 0.3) is 0 Å². The summed E-state index contributed by atoms with van der Waals surface area (Å²) in [6.45, 7) is 2.49. The van der Waals surface area contributed by atoms with Gasteiger partial charge in [0.05, 0.1) is 51.1 Å². The van der Waals surface area contributed by atoms with Gasteiger partial charge in [0.15, 0.2) is 0 Å². The summed E-state index contributed by atoms with van der Waals surface area (Å²) < 4.78 is 21.2. The maximum absolute atomic E-state index is 12.7. The first-order valence-electron chi connectivity index (χ1n) is 15.4. The number of amides is 2. The van der Waals surface area contributed by atoms with E-state index in [4.69, 9.17) is 18.9 Å². The van der Waals surface area contributed by atoms with E-state index in [9.17, 15) is 9.59 Å². The molecule has 14 nitrogen and oxygen atoms in total. The molecule has 5 rings (SSSR count). The first kappa shape index (κ1) is 33.9. The van der Waals surface area contributed by atoms with Crippen LogP contribution in [0.4, 0.5) is 10.3 Å². The molecule has 0 spiro atoms. The van der Waals surface area contributed by atoms with E-state index in [0.717, 1.165) is 35.7 Å². The molecule has 1 aliphatic carbocycles. The number of methoxy groups -OCH3 is 2. The Morgan fingerprint density at radius 2 is 1.61 bits per heavy atom. The van der Waals surface area contributed by atoms with Gasteiger partial charge in [-0.25, -0.2) is 0 Å². The number of dihydropyridines is 2. The average molecular weight is 673 g/mol. The number of rotatable bonds is 16. The summed E-state index contributed by atoms with van der Waals surface area (Å²) >= 11 is 2.83. The molecular weight excluding hydrogens is 633 g/mol. The van der Waals surface area contributed by atoms with Gasteiger partial charge in [-0.05, 0) is 37.8 Å². The highest BCUT2D eigenvalue weighted by atomic mass is 32.1. The molecule has 0 aromatic carbocycles. The highest BCUT2D eigenvalue weighted by Crippen LogP contribution is 2.43. The van der Waals surface area contributed by atoms with Crippen LogP contribution in [0.15, 0.2) is 34.0 Å². The smallest absolute Gasteiger partial charge is 0.232 e. The van der Waals surface area contributed by atoms with Crippen LogP contribution in [0.5, 0.6) is 0 Å². The van der Waals surface area contributed by atoms with Gasteiger partial charge < -0.3 is 29.6 Å². The van der Waals surface area contributed by atoms with Crippen molar-refractivity contribution in [3.63, 3.8) is 0 Å². The molecular formula is C30H40N8O6S2. The number of hydrogen-bond donors (Lipinski definition) is 2. The van der Waals surface area contributed by atoms with Gasteiger partial charge in [-0.3, -0.25) is 19.6 Å². The van der Waals surface area contributed by atoms with Crippen LogP contribution in [0.2, 0.25) is 0 Å². The Kier molecular flexibility index (Phi) is 12.9. The van der Waals surface area contributed by atoms with Crippen LogP contribution in [0.1, 0.15) is 66.8 Å². The van der Waals surface area contributed by atoms with E-state index < -0.39 is 0 Å². The molecule has 4 unspecified atom stereocenters. The zero-order valence-electron chi connectivity index (χ0n) is 26.1. The Hall–Kier alpha value is -3.44. The summed E-state index contributed by atoms with van der Waals surface area (Å²) in [5.74, 6) is 0.801. The quantitative estimate of drug-likeness (QED) is 0.249. The van der Waals surface area contributed by atoms with Crippen LogP contribution in [0.25, 0.3) is 0 Å². The Labute approximate surface area is 275 Å². The minimum atomic E-state index is -0.182. The minimum absolute atomic E-state index is 0.0984. The predicted molar refractivity (Wildman–Crippen MR) is 176 cm³/mol. The van der Waals surface area contributed by atoms with Crippen molar-refractivity contribution in [3.05, 3.63) is 34.0 Å². The standard InChI is InChI=1S/C30H40N8O6S2/c1-41-10-12-43-23-8-6-21(31-17-23)15-25(39)33-29-37-35-27(45-29)19-4-3-5-20(14-19)28-36-38-30(46-28)34-26(40)16-22-7-9-24(18-32-22)44-13-11-42-2/h6,8-9,18-20,22-23H,3-5,7,10-17H2,1-2H3,(H,33,37,39)(H,34,38,40). The van der Waals surface area contributed by atoms with Gasteiger partial charge >= 0.3 is 0 Å². The van der Waals surface area contributed by atoms with E-state index in [-0.39, 0.29) is 48.6 Å². The zero-order chi connectivity index (χ0) is 32.1. The molecule has 2 amide bonds. The molecule has 4 heterocycles. The van der Waals surface area contributed by atoms with Crippen LogP contribution >= 0.6 is 22.7 Å². The lowest BCUT2D eigenvalue weighted by atomic mass is 9.82. The van der Waals surface area contributed by atoms with E-state index in [1.807, 2.05) is 18.2 Å². The second-order valence-corrected chi connectivity index (χ2v) is 13.2. The topological polar surface area (TPSA) is 171 Å². The highest BCUT2D eigenvalue weighted by molar-refractivity contribution is 7.15. The molecule has 16 heteroatoms. The fraction of sp³-hybridized carbons (Fsp3) is 0.600. The monoisotopic (exact) mass is 672 g/mol. The molecule has 46 heavy (non-hydrogen) atoms. The zero-order valence-corrected chi connectivity index (χ0v) is 27.7. The van der Waals surface area contributed by atoms with Crippen molar-refractivity contribution in [1.82, 2.24) is 20.4 Å². The van der Waals surface area contributed by atoms with Gasteiger partial charge in [0.1, 0.15) is 22.4 Å². The number of aromatic nitrogens is 4. The second-order valence-electron chi connectivity index (χ2n) is 11.1. The number of carbonyl (C=O) groups excluding carboxylic acids is 2. The Morgan fingerprint density at radius 3 is 2.24 bits per heavy atom. The van der Waals surface area contributed by atoms with Gasteiger partial charge in [0.2, 0.25) is 22.1 Å². The third-order valence-corrected chi connectivity index (χ3v) is 9.67. The average Bonchev–Trinajstić information content (AvgIpc) is 3.73. The number of nitrogens with zero attached hydrogens (tertiary/aromatic N) is 6. The minimum Gasteiger partial charge on any atom is -0.490 e. The molecule has 3 aliphatic rings. The van der Waals surface area contributed by atoms with Crippen molar-refractivity contribution in [2.45, 2.75) is 68.9 Å². The molecule has 0 radical (unpaired) electrons. The largest absolute Gasteiger partial charge is 0.490 e. The van der Waals surface area contributed by atoms with Crippen LogP contribution in [0.3, 0.4) is 0 Å². The molecule has 0 saturated heterocycles. The fourth-order valence-corrected chi connectivity index (χ4v) is 7.13. The van der Waals surface area contributed by atoms with Crippen molar-refractivity contribution in [3.8, 4) is 0 Å². The number of nitrogens with one attached hydrogen (secondary N) is 2. The number of allylic oxidation sites excluding steroid dienone is 2. The number of anilines is 2. The maximum Gasteiger partial charge on any atom is 0.232 e. The van der Waals surface area contributed by atoms with Gasteiger partial charge in [-0.2, -0.15) is 0 Å². The highest BCUT2D eigenvalue weighted by Gasteiger charge is 2.30. The van der Waals surface area contributed by atoms with Crippen LogP contribution in [0, 0.1) is 0 Å². The fourth-order valence-electron chi connectivity index (χ4n) is 5.32. The van der Waals surface area contributed by atoms with Crippen LogP contribution in [-0.4, -0.2) is 103 Å². The first-order chi connectivity index (χ1) is 22.5. The molecule has 2 aliphatic heterocycles. The number of ether oxygens (including phenoxy) is 4. The Balaban J connectivity index is 1.05. The lowest BCUT2D eigenvalue weighted by Crippen LogP contribution is -2.23. The third kappa shape index (κ3) is 10.3. The van der Waals surface area contributed by atoms with Gasteiger partial charge in [-0.15, -0.1) is 20.4 Å². The number of carbonyl (C=O) groups is 2. The van der Waals surface area contributed by atoms with E-state index in [1.165, 1.54) is 22.7 Å². The lowest BCUT2D eigenvalue weighted by Gasteiger charge is -2.25. The summed E-state index contributed by atoms with van der Waals surface area (Å²) in [6.07, 6.45) is 12.2. The van der Waals surface area contributed by atoms with Crippen LogP contribution < -0.4 is 10.6 Å². The summed E-state index contributed by atoms with van der Waals surface area (Å²) in [6, 6.07) is -0.139. The van der Waals surface area contributed by atoms with E-state index in [1.54, 1.807) is 20.4 Å². The molecule has 0 bridgehead atoms. The second kappa shape index (κ2) is 17.5.